The predicted molar refractivity (Wildman–Crippen MR) is 151 cm³/mol. The molecule has 1 unspecified atom stereocenters. The van der Waals surface area contributed by atoms with Crippen LogP contribution in [0.1, 0.15) is 45.5 Å². The zero-order valence-corrected chi connectivity index (χ0v) is 23.2. The highest BCUT2D eigenvalue weighted by Gasteiger charge is 2.39. The lowest BCUT2D eigenvalue weighted by Gasteiger charge is -2.29. The number of carbonyl (C=O) groups is 5. The molecular weight excluding hydrogens is 546 g/mol. The average molecular weight is 582 g/mol. The molecule has 1 atom stereocenters. The van der Waals surface area contributed by atoms with Gasteiger partial charge in [-0.15, -0.1) is 0 Å². The fraction of sp³-hybridized carbons (Fsp3) is 0.414. The minimum atomic E-state index is -0.720. The third kappa shape index (κ3) is 8.35. The number of carbonyl (C=O) groups excluding carboxylic acids is 5. The van der Waals surface area contributed by atoms with E-state index in [0.717, 1.165) is 0 Å². The Kier molecular flexibility index (Phi) is 11.0. The van der Waals surface area contributed by atoms with Crippen molar-refractivity contribution in [2.24, 2.45) is 0 Å². The summed E-state index contributed by atoms with van der Waals surface area (Å²) in [5.74, 6) is -1.59. The molecular formula is C29H35N5O8. The summed E-state index contributed by atoms with van der Waals surface area (Å²) in [5.41, 5.74) is 8.32. The number of amides is 5. The summed E-state index contributed by atoms with van der Waals surface area (Å²) in [6.45, 7) is 2.46. The van der Waals surface area contributed by atoms with Crippen LogP contribution in [0.5, 0.6) is 0 Å². The number of hydrogen-bond acceptors (Lipinski definition) is 9. The lowest BCUT2D eigenvalue weighted by Crippen LogP contribution is -2.52. The molecule has 2 aliphatic rings. The standard InChI is InChI=1S/C29H35N5O8/c30-20-6-4-19(5-7-20)27(37)31-11-13-41-15-17-42-16-14-40-12-10-26(36)32-23-3-1-2-21-22(23)18-34(29(21)39)24-8-9-25(35)33-28(24)38/h1-7,24H,8-18,30H2,(H,31,37)(H,32,36)(H,33,35,38). The fourth-order valence-corrected chi connectivity index (χ4v) is 4.60. The number of benzene rings is 2. The van der Waals surface area contributed by atoms with Crippen LogP contribution in [0.25, 0.3) is 0 Å². The molecule has 2 aliphatic heterocycles. The van der Waals surface area contributed by atoms with Gasteiger partial charge in [0, 0.05) is 47.6 Å². The highest BCUT2D eigenvalue weighted by Crippen LogP contribution is 2.32. The number of piperidine rings is 1. The predicted octanol–water partition coefficient (Wildman–Crippen LogP) is 0.838. The van der Waals surface area contributed by atoms with Gasteiger partial charge < -0.3 is 35.5 Å². The van der Waals surface area contributed by atoms with Crippen molar-refractivity contribution in [1.29, 1.82) is 0 Å². The smallest absolute Gasteiger partial charge is 0.255 e. The maximum atomic E-state index is 12.9. The Morgan fingerprint density at radius 3 is 2.33 bits per heavy atom. The van der Waals surface area contributed by atoms with E-state index in [0.29, 0.717) is 67.6 Å². The first-order valence-corrected chi connectivity index (χ1v) is 13.8. The summed E-state index contributed by atoms with van der Waals surface area (Å²) in [7, 11) is 0. The lowest BCUT2D eigenvalue weighted by molar-refractivity contribution is -0.137. The van der Waals surface area contributed by atoms with Crippen LogP contribution >= 0.6 is 0 Å². The number of nitrogen functional groups attached to an aromatic ring is 1. The van der Waals surface area contributed by atoms with E-state index in [2.05, 4.69) is 16.0 Å². The van der Waals surface area contributed by atoms with Crippen LogP contribution in [-0.4, -0.2) is 86.7 Å². The van der Waals surface area contributed by atoms with Crippen molar-refractivity contribution in [1.82, 2.24) is 15.5 Å². The number of imide groups is 1. The Hall–Kier alpha value is -4.33. The lowest BCUT2D eigenvalue weighted by atomic mass is 10.0. The maximum absolute atomic E-state index is 12.9. The minimum Gasteiger partial charge on any atom is -0.399 e. The van der Waals surface area contributed by atoms with E-state index < -0.39 is 11.9 Å². The molecule has 1 saturated heterocycles. The number of anilines is 2. The SMILES string of the molecule is Nc1ccc(C(=O)NCCOCCOCCOCCC(=O)Nc2cccc3c2CN(C2CCC(=O)NC2=O)C3=O)cc1. The Balaban J connectivity index is 1.05. The van der Waals surface area contributed by atoms with E-state index in [-0.39, 0.29) is 56.0 Å². The number of fused-ring (bicyclic) bond motifs is 1. The first kappa shape index (κ1) is 30.6. The van der Waals surface area contributed by atoms with Gasteiger partial charge in [-0.2, -0.15) is 0 Å². The van der Waals surface area contributed by atoms with E-state index >= 15 is 0 Å². The first-order chi connectivity index (χ1) is 20.3. The van der Waals surface area contributed by atoms with Gasteiger partial charge in [-0.25, -0.2) is 0 Å². The van der Waals surface area contributed by atoms with Crippen molar-refractivity contribution < 1.29 is 38.2 Å². The van der Waals surface area contributed by atoms with Crippen molar-refractivity contribution in [3.05, 3.63) is 59.2 Å². The summed E-state index contributed by atoms with van der Waals surface area (Å²) in [5, 5.41) is 7.87. The van der Waals surface area contributed by atoms with E-state index in [1.165, 1.54) is 4.90 Å². The molecule has 0 saturated carbocycles. The summed E-state index contributed by atoms with van der Waals surface area (Å²) in [6, 6.07) is 11.0. The zero-order valence-electron chi connectivity index (χ0n) is 23.2. The molecule has 1 fully saturated rings. The summed E-state index contributed by atoms with van der Waals surface area (Å²) in [4.78, 5) is 62.6. The van der Waals surface area contributed by atoms with Crippen LogP contribution in [-0.2, 0) is 35.1 Å². The molecule has 2 heterocycles. The highest BCUT2D eigenvalue weighted by atomic mass is 16.5. The Morgan fingerprint density at radius 2 is 1.62 bits per heavy atom. The normalized spacial score (nSPS) is 16.2. The Morgan fingerprint density at radius 1 is 0.929 bits per heavy atom. The molecule has 4 rings (SSSR count). The van der Waals surface area contributed by atoms with Crippen molar-refractivity contribution in [3.63, 3.8) is 0 Å². The van der Waals surface area contributed by atoms with Crippen molar-refractivity contribution in [2.45, 2.75) is 31.8 Å². The van der Waals surface area contributed by atoms with E-state index in [9.17, 15) is 24.0 Å². The van der Waals surface area contributed by atoms with Gasteiger partial charge >= 0.3 is 0 Å². The van der Waals surface area contributed by atoms with Crippen LogP contribution in [0, 0.1) is 0 Å². The molecule has 5 N–H and O–H groups in total. The number of nitrogens with zero attached hydrogens (tertiary/aromatic N) is 1. The maximum Gasteiger partial charge on any atom is 0.255 e. The number of rotatable bonds is 15. The van der Waals surface area contributed by atoms with Gasteiger partial charge in [0.05, 0.1) is 46.1 Å². The second kappa shape index (κ2) is 15.1. The third-order valence-electron chi connectivity index (χ3n) is 6.78. The summed E-state index contributed by atoms with van der Waals surface area (Å²) < 4.78 is 16.4. The summed E-state index contributed by atoms with van der Waals surface area (Å²) >= 11 is 0. The Labute approximate surface area is 243 Å². The van der Waals surface area contributed by atoms with E-state index in [4.69, 9.17) is 19.9 Å². The van der Waals surface area contributed by atoms with Gasteiger partial charge in [0.1, 0.15) is 6.04 Å². The molecule has 0 aliphatic carbocycles. The second-order valence-corrected chi connectivity index (χ2v) is 9.74. The van der Waals surface area contributed by atoms with Crippen LogP contribution in [0.15, 0.2) is 42.5 Å². The molecule has 224 valence electrons. The molecule has 42 heavy (non-hydrogen) atoms. The number of nitrogens with one attached hydrogen (secondary N) is 3. The minimum absolute atomic E-state index is 0.111. The van der Waals surface area contributed by atoms with Crippen LogP contribution in [0.3, 0.4) is 0 Å². The topological polar surface area (TPSA) is 178 Å². The van der Waals surface area contributed by atoms with Crippen LogP contribution in [0.2, 0.25) is 0 Å². The number of hydrogen-bond donors (Lipinski definition) is 4. The zero-order chi connectivity index (χ0) is 29.9. The van der Waals surface area contributed by atoms with E-state index in [1.807, 2.05) is 0 Å². The molecule has 0 bridgehead atoms. The number of nitrogens with two attached hydrogens (primary N) is 1. The highest BCUT2D eigenvalue weighted by molar-refractivity contribution is 6.06. The van der Waals surface area contributed by atoms with Gasteiger partial charge in [0.15, 0.2) is 0 Å². The van der Waals surface area contributed by atoms with Gasteiger partial charge in [0.25, 0.3) is 11.8 Å². The van der Waals surface area contributed by atoms with Crippen LogP contribution in [0.4, 0.5) is 11.4 Å². The van der Waals surface area contributed by atoms with Crippen LogP contribution < -0.4 is 21.7 Å². The molecule has 2 aromatic rings. The van der Waals surface area contributed by atoms with Gasteiger partial charge in [-0.3, -0.25) is 29.3 Å². The molecule has 0 aromatic heterocycles. The average Bonchev–Trinajstić information content (AvgIpc) is 3.30. The molecule has 13 heteroatoms. The first-order valence-electron chi connectivity index (χ1n) is 13.8. The Bertz CT molecular complexity index is 1300. The van der Waals surface area contributed by atoms with Crippen molar-refractivity contribution in [3.8, 4) is 0 Å². The van der Waals surface area contributed by atoms with Crippen molar-refractivity contribution >= 4 is 40.9 Å². The third-order valence-corrected chi connectivity index (χ3v) is 6.78. The fourth-order valence-electron chi connectivity index (χ4n) is 4.60. The quantitative estimate of drug-likeness (QED) is 0.135. The van der Waals surface area contributed by atoms with Gasteiger partial charge in [0.2, 0.25) is 17.7 Å². The summed E-state index contributed by atoms with van der Waals surface area (Å²) in [6.07, 6.45) is 0.553. The molecule has 13 nitrogen and oxygen atoms in total. The molecule has 0 spiro atoms. The second-order valence-electron chi connectivity index (χ2n) is 9.74. The molecule has 0 radical (unpaired) electrons. The van der Waals surface area contributed by atoms with Crippen molar-refractivity contribution in [2.75, 3.05) is 57.2 Å². The van der Waals surface area contributed by atoms with E-state index in [1.54, 1.807) is 42.5 Å². The monoisotopic (exact) mass is 581 g/mol. The van der Waals surface area contributed by atoms with Gasteiger partial charge in [-0.1, -0.05) is 6.07 Å². The number of ether oxygens (including phenoxy) is 3. The van der Waals surface area contributed by atoms with Gasteiger partial charge in [-0.05, 0) is 42.8 Å². The molecule has 2 aromatic carbocycles. The molecule has 5 amide bonds. The largest absolute Gasteiger partial charge is 0.399 e.